The minimum atomic E-state index is -4.42. The van der Waals surface area contributed by atoms with Crippen LogP contribution in [0.1, 0.15) is 36.2 Å². The van der Waals surface area contributed by atoms with Gasteiger partial charge in [0.2, 0.25) is 11.0 Å². The monoisotopic (exact) mass is 506 g/mol. The first-order valence-electron chi connectivity index (χ1n) is 10.8. The zero-order valence-electron chi connectivity index (χ0n) is 19.4. The van der Waals surface area contributed by atoms with E-state index >= 15 is 0 Å². The van der Waals surface area contributed by atoms with Crippen molar-refractivity contribution in [1.82, 2.24) is 15.1 Å². The summed E-state index contributed by atoms with van der Waals surface area (Å²) in [6.07, 6.45) is -4.39. The molecular formula is C24H25F3N4O3S. The molecule has 0 aliphatic carbocycles. The first-order chi connectivity index (χ1) is 16.6. The van der Waals surface area contributed by atoms with Crippen molar-refractivity contribution in [1.29, 1.82) is 0 Å². The maximum absolute atomic E-state index is 13.1. The van der Waals surface area contributed by atoms with Crippen LogP contribution in [0.2, 0.25) is 0 Å². The van der Waals surface area contributed by atoms with E-state index in [4.69, 9.17) is 4.74 Å². The highest BCUT2D eigenvalue weighted by Crippen LogP contribution is 2.32. The number of nitrogens with zero attached hydrogens (tertiary/aromatic N) is 3. The summed E-state index contributed by atoms with van der Waals surface area (Å²) in [4.78, 5) is 27.2. The van der Waals surface area contributed by atoms with Crippen molar-refractivity contribution in [3.63, 3.8) is 0 Å². The van der Waals surface area contributed by atoms with Gasteiger partial charge in [0.05, 0.1) is 18.2 Å². The molecule has 1 aromatic heterocycles. The molecule has 3 rings (SSSR count). The van der Waals surface area contributed by atoms with Gasteiger partial charge in [-0.1, -0.05) is 49.4 Å². The summed E-state index contributed by atoms with van der Waals surface area (Å²) >= 11 is 1.05. The molecule has 11 heteroatoms. The zero-order chi connectivity index (χ0) is 25.6. The lowest BCUT2D eigenvalue weighted by Crippen LogP contribution is -2.36. The molecule has 0 atom stereocenters. The van der Waals surface area contributed by atoms with Crippen LogP contribution in [-0.4, -0.2) is 47.1 Å². The minimum absolute atomic E-state index is 0.0306. The number of methoxy groups -OCH3 is 1. The van der Waals surface area contributed by atoms with E-state index in [-0.39, 0.29) is 35.8 Å². The van der Waals surface area contributed by atoms with Gasteiger partial charge in [0.15, 0.2) is 0 Å². The molecule has 7 nitrogen and oxygen atoms in total. The Hall–Kier alpha value is -3.47. The number of aromatic nitrogens is 2. The van der Waals surface area contributed by atoms with E-state index in [0.717, 1.165) is 23.5 Å². The first-order valence-corrected chi connectivity index (χ1v) is 11.6. The first kappa shape index (κ1) is 26.1. The molecule has 0 unspecified atom stereocenters. The van der Waals surface area contributed by atoms with Crippen molar-refractivity contribution in [3.05, 3.63) is 59.7 Å². The molecule has 1 N–H and O–H groups in total. The summed E-state index contributed by atoms with van der Waals surface area (Å²) in [5.41, 5.74) is 0.121. The normalized spacial score (nSPS) is 11.4. The molecule has 0 radical (unpaired) electrons. The van der Waals surface area contributed by atoms with Gasteiger partial charge in [-0.05, 0) is 30.2 Å². The Balaban J connectivity index is 1.63. The fourth-order valence-electron chi connectivity index (χ4n) is 3.32. The molecule has 2 aromatic carbocycles. The number of halogens is 3. The summed E-state index contributed by atoms with van der Waals surface area (Å²) < 4.78 is 43.5. The van der Waals surface area contributed by atoms with Crippen LogP contribution in [0.4, 0.5) is 18.3 Å². The average Bonchev–Trinajstić information content (AvgIpc) is 3.29. The largest absolute Gasteiger partial charge is 0.496 e. The highest BCUT2D eigenvalue weighted by atomic mass is 32.1. The number of ether oxygens (including phenoxy) is 1. The smallest absolute Gasteiger partial charge is 0.416 e. The Morgan fingerprint density at radius 3 is 2.40 bits per heavy atom. The lowest BCUT2D eigenvalue weighted by atomic mass is 10.1. The number of nitrogens with one attached hydrogen (secondary N) is 1. The maximum Gasteiger partial charge on any atom is 0.416 e. The van der Waals surface area contributed by atoms with Gasteiger partial charge in [0.25, 0.3) is 5.91 Å². The number of rotatable bonds is 9. The number of alkyl halides is 3. The van der Waals surface area contributed by atoms with Crippen molar-refractivity contribution in [2.75, 3.05) is 25.5 Å². The number of hydrogen-bond donors (Lipinski definition) is 1. The number of amides is 2. The number of para-hydroxylation sites is 1. The molecule has 0 fully saturated rings. The Morgan fingerprint density at radius 2 is 1.77 bits per heavy atom. The van der Waals surface area contributed by atoms with E-state index in [1.807, 2.05) is 13.8 Å². The minimum Gasteiger partial charge on any atom is -0.496 e. The number of anilines is 1. The number of carbonyl (C=O) groups is 2. The Kier molecular flexibility index (Phi) is 8.44. The lowest BCUT2D eigenvalue weighted by molar-refractivity contribution is -0.137. The van der Waals surface area contributed by atoms with Crippen LogP contribution >= 0.6 is 11.3 Å². The molecule has 0 bridgehead atoms. The summed E-state index contributed by atoms with van der Waals surface area (Å²) in [6, 6.07) is 11.5. The predicted molar refractivity (Wildman–Crippen MR) is 127 cm³/mol. The van der Waals surface area contributed by atoms with Crippen LogP contribution in [-0.2, 0) is 11.0 Å². The molecule has 1 heterocycles. The SMILES string of the molecule is COc1ccccc1C(=O)N(CCC(=O)Nc1nnc(-c2ccc(C(F)(F)F)cc2)s1)CC(C)C. The molecular weight excluding hydrogens is 481 g/mol. The van der Waals surface area contributed by atoms with E-state index in [1.165, 1.54) is 19.2 Å². The van der Waals surface area contributed by atoms with Crippen LogP contribution in [0.15, 0.2) is 48.5 Å². The molecule has 186 valence electrons. The number of hydrogen-bond acceptors (Lipinski definition) is 6. The molecule has 0 spiro atoms. The van der Waals surface area contributed by atoms with Gasteiger partial charge in [-0.2, -0.15) is 13.2 Å². The zero-order valence-corrected chi connectivity index (χ0v) is 20.2. The van der Waals surface area contributed by atoms with Gasteiger partial charge >= 0.3 is 6.18 Å². The van der Waals surface area contributed by atoms with Crippen LogP contribution in [0.5, 0.6) is 5.75 Å². The number of carbonyl (C=O) groups excluding carboxylic acids is 2. The van der Waals surface area contributed by atoms with Crippen molar-refractivity contribution in [3.8, 4) is 16.3 Å². The highest BCUT2D eigenvalue weighted by Gasteiger charge is 2.30. The van der Waals surface area contributed by atoms with Gasteiger partial charge in [-0.25, -0.2) is 0 Å². The Bertz CT molecular complexity index is 1160. The second-order valence-corrected chi connectivity index (χ2v) is 9.11. The maximum atomic E-state index is 13.1. The fourth-order valence-corrected chi connectivity index (χ4v) is 4.08. The standard InChI is InChI=1S/C24H25F3N4O3S/c1-15(2)14-31(22(33)18-6-4-5-7-19(18)34-3)13-12-20(32)28-23-30-29-21(35-23)16-8-10-17(11-9-16)24(25,26)27/h4-11,15H,12-14H2,1-3H3,(H,28,30,32). The quantitative estimate of drug-likeness (QED) is 0.422. The molecule has 2 amide bonds. The van der Waals surface area contributed by atoms with Gasteiger partial charge < -0.3 is 15.0 Å². The van der Waals surface area contributed by atoms with E-state index in [9.17, 15) is 22.8 Å². The predicted octanol–water partition coefficient (Wildman–Crippen LogP) is 5.36. The van der Waals surface area contributed by atoms with Crippen LogP contribution in [0.3, 0.4) is 0 Å². The lowest BCUT2D eigenvalue weighted by Gasteiger charge is -2.25. The third-order valence-electron chi connectivity index (χ3n) is 4.95. The Labute approximate surface area is 204 Å². The van der Waals surface area contributed by atoms with E-state index < -0.39 is 11.7 Å². The number of benzene rings is 2. The van der Waals surface area contributed by atoms with Gasteiger partial charge in [-0.15, -0.1) is 10.2 Å². The van der Waals surface area contributed by atoms with E-state index in [2.05, 4.69) is 15.5 Å². The third kappa shape index (κ3) is 7.01. The average molecular weight is 507 g/mol. The van der Waals surface area contributed by atoms with Gasteiger partial charge in [0.1, 0.15) is 10.8 Å². The molecule has 0 aliphatic rings. The van der Waals surface area contributed by atoms with Crippen LogP contribution in [0, 0.1) is 5.92 Å². The fraction of sp³-hybridized carbons (Fsp3) is 0.333. The molecule has 0 saturated heterocycles. The van der Waals surface area contributed by atoms with Crippen molar-refractivity contribution >= 4 is 28.3 Å². The third-order valence-corrected chi connectivity index (χ3v) is 5.84. The molecule has 0 aliphatic heterocycles. The molecule has 0 saturated carbocycles. The topological polar surface area (TPSA) is 84.4 Å². The van der Waals surface area contributed by atoms with Crippen molar-refractivity contribution < 1.29 is 27.5 Å². The van der Waals surface area contributed by atoms with Crippen molar-refractivity contribution in [2.24, 2.45) is 5.92 Å². The van der Waals surface area contributed by atoms with Crippen LogP contribution < -0.4 is 10.1 Å². The summed E-state index contributed by atoms with van der Waals surface area (Å²) in [6.45, 7) is 4.60. The van der Waals surface area contributed by atoms with Gasteiger partial charge in [0, 0.05) is 25.1 Å². The second kappa shape index (κ2) is 11.3. The Morgan fingerprint density at radius 1 is 1.09 bits per heavy atom. The van der Waals surface area contributed by atoms with Crippen molar-refractivity contribution in [2.45, 2.75) is 26.4 Å². The second-order valence-electron chi connectivity index (χ2n) is 8.13. The summed E-state index contributed by atoms with van der Waals surface area (Å²) in [5.74, 6) is 0.0534. The summed E-state index contributed by atoms with van der Waals surface area (Å²) in [5, 5.41) is 11.1. The van der Waals surface area contributed by atoms with Gasteiger partial charge in [-0.3, -0.25) is 9.59 Å². The highest BCUT2D eigenvalue weighted by molar-refractivity contribution is 7.18. The summed E-state index contributed by atoms with van der Waals surface area (Å²) in [7, 11) is 1.49. The molecule has 3 aromatic rings. The van der Waals surface area contributed by atoms with E-state index in [1.54, 1.807) is 29.2 Å². The van der Waals surface area contributed by atoms with E-state index in [0.29, 0.717) is 28.4 Å². The van der Waals surface area contributed by atoms with Crippen LogP contribution in [0.25, 0.3) is 10.6 Å². The molecule has 35 heavy (non-hydrogen) atoms.